The van der Waals surface area contributed by atoms with Gasteiger partial charge in [0.2, 0.25) is 6.04 Å². The van der Waals surface area contributed by atoms with Gasteiger partial charge in [-0.25, -0.2) is 4.79 Å². The van der Waals surface area contributed by atoms with Crippen LogP contribution < -0.4 is 5.73 Å². The maximum Gasteiger partial charge on any atom is 0.364 e. The van der Waals surface area contributed by atoms with Crippen molar-refractivity contribution in [2.45, 2.75) is 25.4 Å². The topological polar surface area (TPSA) is 63.3 Å². The molecule has 0 aromatic rings. The molecule has 0 aromatic heterocycles. The number of carbonyl (C=O) groups is 1. The van der Waals surface area contributed by atoms with Gasteiger partial charge >= 0.3 is 5.97 Å². The minimum atomic E-state index is -0.822. The summed E-state index contributed by atoms with van der Waals surface area (Å²) in [5.41, 5.74) is 5.71. The van der Waals surface area contributed by atoms with Crippen LogP contribution in [-0.4, -0.2) is 48.8 Å². The molecule has 0 saturated carbocycles. The Hall–Kier alpha value is -0.610. The molecule has 0 fully saturated rings. The van der Waals surface area contributed by atoms with E-state index in [1.165, 1.54) is 0 Å². The average molecular weight is 175 g/mol. The summed E-state index contributed by atoms with van der Waals surface area (Å²) in [4.78, 5) is 10.9. The molecule has 0 rings (SSSR count). The van der Waals surface area contributed by atoms with E-state index in [4.69, 9.17) is 10.8 Å². The summed E-state index contributed by atoms with van der Waals surface area (Å²) >= 11 is 0. The monoisotopic (exact) mass is 175 g/mol. The Kier molecular flexibility index (Phi) is 3.67. The number of nitrogens with zero attached hydrogens (tertiary/aromatic N) is 1. The van der Waals surface area contributed by atoms with E-state index in [2.05, 4.69) is 0 Å². The second kappa shape index (κ2) is 3.87. The minimum absolute atomic E-state index is 0.275. The third-order valence-electron chi connectivity index (χ3n) is 1.96. The molecule has 0 aliphatic carbocycles. The molecule has 0 aliphatic heterocycles. The zero-order valence-corrected chi connectivity index (χ0v) is 8.24. The van der Waals surface area contributed by atoms with E-state index < -0.39 is 12.0 Å². The Bertz CT molecular complexity index is 163. The van der Waals surface area contributed by atoms with Crippen LogP contribution in [0.5, 0.6) is 0 Å². The van der Waals surface area contributed by atoms with E-state index in [1.807, 2.05) is 28.1 Å². The summed E-state index contributed by atoms with van der Waals surface area (Å²) in [5.74, 6) is -0.822. The lowest BCUT2D eigenvalue weighted by atomic mass is 10.0. The fourth-order valence-electron chi connectivity index (χ4n) is 1.31. The van der Waals surface area contributed by atoms with Gasteiger partial charge < -0.3 is 15.3 Å². The number of aliphatic carboxylic acids is 1. The van der Waals surface area contributed by atoms with Gasteiger partial charge in [-0.15, -0.1) is 0 Å². The Morgan fingerprint density at radius 3 is 2.00 bits per heavy atom. The highest BCUT2D eigenvalue weighted by Crippen LogP contribution is 2.09. The lowest BCUT2D eigenvalue weighted by Gasteiger charge is -2.34. The predicted molar refractivity (Wildman–Crippen MR) is 47.7 cm³/mol. The number of carboxylic acids is 1. The first kappa shape index (κ1) is 11.4. The van der Waals surface area contributed by atoms with Crippen LogP contribution >= 0.6 is 0 Å². The van der Waals surface area contributed by atoms with Gasteiger partial charge in [-0.2, -0.15) is 0 Å². The predicted octanol–water partition coefficient (Wildman–Crippen LogP) is -0.117. The van der Waals surface area contributed by atoms with Crippen LogP contribution in [0.4, 0.5) is 0 Å². The summed E-state index contributed by atoms with van der Waals surface area (Å²) in [6, 6.07) is -0.794. The number of hydrogen-bond donors (Lipinski definition) is 2. The van der Waals surface area contributed by atoms with Gasteiger partial charge in [-0.3, -0.25) is 0 Å². The summed E-state index contributed by atoms with van der Waals surface area (Å²) in [6.45, 7) is 1.90. The standard InChI is InChI=1S/C8H18N2O2/c1-5-6(9)7(8(11)12)10(2,3)4/h6-7H,5,9H2,1-4H3/p+1. The molecule has 3 N–H and O–H groups in total. The average Bonchev–Trinajstić information content (AvgIpc) is 1.83. The number of hydrogen-bond acceptors (Lipinski definition) is 2. The highest BCUT2D eigenvalue weighted by molar-refractivity contribution is 5.73. The lowest BCUT2D eigenvalue weighted by Crippen LogP contribution is -2.58. The molecule has 4 nitrogen and oxygen atoms in total. The highest BCUT2D eigenvalue weighted by Gasteiger charge is 2.36. The number of rotatable bonds is 4. The third-order valence-corrected chi connectivity index (χ3v) is 1.96. The van der Waals surface area contributed by atoms with Gasteiger partial charge in [-0.05, 0) is 6.42 Å². The lowest BCUT2D eigenvalue weighted by molar-refractivity contribution is -0.888. The molecule has 0 radical (unpaired) electrons. The Balaban J connectivity index is 4.56. The Morgan fingerprint density at radius 1 is 1.50 bits per heavy atom. The van der Waals surface area contributed by atoms with Crippen LogP contribution in [0.25, 0.3) is 0 Å². The third kappa shape index (κ3) is 2.79. The van der Waals surface area contributed by atoms with Crippen LogP contribution in [0, 0.1) is 0 Å². The Morgan fingerprint density at radius 2 is 1.92 bits per heavy atom. The number of quaternary nitrogens is 1. The summed E-state index contributed by atoms with van der Waals surface area (Å²) < 4.78 is 0.365. The fraction of sp³-hybridized carbons (Fsp3) is 0.875. The SMILES string of the molecule is CCC(N)C(C(=O)O)[N+](C)(C)C. The van der Waals surface area contributed by atoms with Gasteiger partial charge in [0.1, 0.15) is 0 Å². The van der Waals surface area contributed by atoms with Crippen molar-refractivity contribution in [2.75, 3.05) is 21.1 Å². The van der Waals surface area contributed by atoms with Crippen molar-refractivity contribution in [3.8, 4) is 0 Å². The van der Waals surface area contributed by atoms with Crippen LogP contribution in [-0.2, 0) is 4.79 Å². The molecule has 4 heteroatoms. The quantitative estimate of drug-likeness (QED) is 0.586. The first-order valence-electron chi connectivity index (χ1n) is 4.10. The number of likely N-dealkylation sites (N-methyl/N-ethyl adjacent to an activating group) is 1. The zero-order chi connectivity index (χ0) is 9.94. The van der Waals surface area contributed by atoms with Crippen LogP contribution in [0.2, 0.25) is 0 Å². The van der Waals surface area contributed by atoms with Crippen molar-refractivity contribution in [3.63, 3.8) is 0 Å². The molecule has 2 unspecified atom stereocenters. The van der Waals surface area contributed by atoms with Gasteiger partial charge in [0.05, 0.1) is 27.2 Å². The first-order valence-corrected chi connectivity index (χ1v) is 4.10. The van der Waals surface area contributed by atoms with Crippen LogP contribution in [0.15, 0.2) is 0 Å². The van der Waals surface area contributed by atoms with Crippen molar-refractivity contribution in [1.29, 1.82) is 0 Å². The zero-order valence-electron chi connectivity index (χ0n) is 8.24. The van der Waals surface area contributed by atoms with Crippen LogP contribution in [0.1, 0.15) is 13.3 Å². The van der Waals surface area contributed by atoms with Gasteiger partial charge in [0, 0.05) is 0 Å². The number of nitrogens with two attached hydrogens (primary N) is 1. The maximum absolute atomic E-state index is 10.9. The van der Waals surface area contributed by atoms with E-state index in [0.29, 0.717) is 10.9 Å². The molecule has 72 valence electrons. The normalized spacial score (nSPS) is 17.1. The Labute approximate surface area is 73.6 Å². The maximum atomic E-state index is 10.9. The van der Waals surface area contributed by atoms with Gasteiger partial charge in [0.25, 0.3) is 0 Å². The van der Waals surface area contributed by atoms with E-state index in [1.54, 1.807) is 0 Å². The molecule has 12 heavy (non-hydrogen) atoms. The fourth-order valence-corrected chi connectivity index (χ4v) is 1.31. The van der Waals surface area contributed by atoms with E-state index >= 15 is 0 Å². The van der Waals surface area contributed by atoms with Gasteiger partial charge in [0.15, 0.2) is 0 Å². The largest absolute Gasteiger partial charge is 0.477 e. The molecule has 0 amide bonds. The molecular formula is C8H19N2O2+. The first-order chi connectivity index (χ1) is 5.30. The van der Waals surface area contributed by atoms with Crippen molar-refractivity contribution in [2.24, 2.45) is 5.73 Å². The summed E-state index contributed by atoms with van der Waals surface area (Å²) in [7, 11) is 5.52. The van der Waals surface area contributed by atoms with E-state index in [-0.39, 0.29) is 6.04 Å². The van der Waals surface area contributed by atoms with E-state index in [9.17, 15) is 4.79 Å². The second-order valence-corrected chi connectivity index (χ2v) is 3.97. The van der Waals surface area contributed by atoms with Crippen molar-refractivity contribution < 1.29 is 14.4 Å². The summed E-state index contributed by atoms with van der Waals surface area (Å²) in [6.07, 6.45) is 0.687. The molecule has 0 bridgehead atoms. The van der Waals surface area contributed by atoms with Crippen molar-refractivity contribution in [3.05, 3.63) is 0 Å². The molecule has 0 heterocycles. The summed E-state index contributed by atoms with van der Waals surface area (Å²) in [5, 5.41) is 8.91. The van der Waals surface area contributed by atoms with Gasteiger partial charge in [-0.1, -0.05) is 6.92 Å². The van der Waals surface area contributed by atoms with E-state index in [0.717, 1.165) is 0 Å². The molecule has 0 aliphatic rings. The molecule has 0 spiro atoms. The second-order valence-electron chi connectivity index (χ2n) is 3.97. The smallest absolute Gasteiger partial charge is 0.364 e. The molecule has 2 atom stereocenters. The molecular weight excluding hydrogens is 156 g/mol. The van der Waals surface area contributed by atoms with Crippen LogP contribution in [0.3, 0.4) is 0 Å². The minimum Gasteiger partial charge on any atom is -0.477 e. The van der Waals surface area contributed by atoms with Crippen molar-refractivity contribution >= 4 is 5.97 Å². The number of carboxylic acid groups (broad SMARTS) is 1. The highest BCUT2D eigenvalue weighted by atomic mass is 16.4. The molecule has 0 aromatic carbocycles. The molecule has 0 saturated heterocycles. The van der Waals surface area contributed by atoms with Crippen molar-refractivity contribution in [1.82, 2.24) is 0 Å².